The van der Waals surface area contributed by atoms with E-state index < -0.39 is 30.1 Å². The molecule has 0 radical (unpaired) electrons. The Kier molecular flexibility index (Phi) is 6.33. The van der Waals surface area contributed by atoms with Crippen molar-refractivity contribution in [1.29, 1.82) is 0 Å². The van der Waals surface area contributed by atoms with Gasteiger partial charge in [-0.3, -0.25) is 4.79 Å². The molecule has 0 spiro atoms. The largest absolute Gasteiger partial charge is 0.497 e. The number of amides is 2. The lowest BCUT2D eigenvalue weighted by molar-refractivity contribution is -0.143. The first-order valence-electron chi connectivity index (χ1n) is 10.7. The highest BCUT2D eigenvalue weighted by atomic mass is 16.7. The Labute approximate surface area is 192 Å². The quantitative estimate of drug-likeness (QED) is 0.666. The molecule has 2 aliphatic heterocycles. The molecule has 2 aromatic rings. The average molecular weight is 456 g/mol. The van der Waals surface area contributed by atoms with Crippen molar-refractivity contribution in [3.8, 4) is 17.2 Å². The molecular weight excluding hydrogens is 428 g/mol. The fourth-order valence-electron chi connectivity index (χ4n) is 4.52. The van der Waals surface area contributed by atoms with Gasteiger partial charge < -0.3 is 33.9 Å². The Bertz CT molecular complexity index is 1030. The summed E-state index contributed by atoms with van der Waals surface area (Å²) in [6, 6.07) is 11.6. The Morgan fingerprint density at radius 2 is 1.76 bits per heavy atom. The van der Waals surface area contributed by atoms with Gasteiger partial charge in [-0.05, 0) is 42.3 Å². The van der Waals surface area contributed by atoms with Crippen molar-refractivity contribution in [2.24, 2.45) is 5.92 Å². The van der Waals surface area contributed by atoms with Gasteiger partial charge in [0, 0.05) is 26.6 Å². The maximum Gasteiger partial charge on any atom is 0.322 e. The number of benzene rings is 2. The van der Waals surface area contributed by atoms with Crippen LogP contribution in [0.1, 0.15) is 30.0 Å². The van der Waals surface area contributed by atoms with Gasteiger partial charge in [-0.25, -0.2) is 4.79 Å². The summed E-state index contributed by atoms with van der Waals surface area (Å²) in [6.45, 7) is 2.12. The monoisotopic (exact) mass is 456 g/mol. The van der Waals surface area contributed by atoms with E-state index in [1.165, 1.54) is 12.0 Å². The molecule has 0 aliphatic carbocycles. The minimum absolute atomic E-state index is 0.130. The van der Waals surface area contributed by atoms with E-state index in [1.54, 1.807) is 44.2 Å². The molecule has 2 aromatic carbocycles. The predicted molar refractivity (Wildman–Crippen MR) is 119 cm³/mol. The third kappa shape index (κ3) is 4.16. The van der Waals surface area contributed by atoms with Crippen LogP contribution in [-0.4, -0.2) is 67.7 Å². The van der Waals surface area contributed by atoms with Crippen molar-refractivity contribution in [2.45, 2.75) is 25.1 Å². The fourth-order valence-corrected chi connectivity index (χ4v) is 4.52. The number of hydrogen-bond acceptors (Lipinski definition) is 6. The lowest BCUT2D eigenvalue weighted by Gasteiger charge is -2.33. The number of nitrogens with zero attached hydrogens (tertiary/aromatic N) is 2. The van der Waals surface area contributed by atoms with Gasteiger partial charge in [0.1, 0.15) is 12.0 Å². The van der Waals surface area contributed by atoms with Crippen molar-refractivity contribution in [3.05, 3.63) is 53.6 Å². The second kappa shape index (κ2) is 9.19. The number of carboxylic acids is 1. The van der Waals surface area contributed by atoms with Crippen molar-refractivity contribution >= 4 is 12.0 Å². The zero-order valence-corrected chi connectivity index (χ0v) is 19.1. The molecule has 1 saturated heterocycles. The van der Waals surface area contributed by atoms with Crippen molar-refractivity contribution in [3.63, 3.8) is 0 Å². The van der Waals surface area contributed by atoms with Crippen LogP contribution in [0.5, 0.6) is 17.2 Å². The SMILES string of the molecule is COc1ccc(C2C(C(=O)O)C(c3ccc4c(c3)OCO4)CN2C(=O)N(C)C(C)OC)cc1. The molecule has 9 heteroatoms. The molecule has 1 fully saturated rings. The fraction of sp³-hybridized carbons (Fsp3) is 0.417. The van der Waals surface area contributed by atoms with E-state index >= 15 is 0 Å². The first-order valence-corrected chi connectivity index (χ1v) is 10.7. The van der Waals surface area contributed by atoms with E-state index in [0.29, 0.717) is 17.2 Å². The normalized spacial score (nSPS) is 22.2. The summed E-state index contributed by atoms with van der Waals surface area (Å²) in [6.07, 6.45) is -0.470. The highest BCUT2D eigenvalue weighted by molar-refractivity contribution is 5.80. The molecule has 2 aliphatic rings. The molecule has 0 aromatic heterocycles. The lowest BCUT2D eigenvalue weighted by Crippen LogP contribution is -2.46. The number of ether oxygens (including phenoxy) is 4. The molecule has 33 heavy (non-hydrogen) atoms. The van der Waals surface area contributed by atoms with Crippen LogP contribution in [0.4, 0.5) is 4.79 Å². The highest BCUT2D eigenvalue weighted by Gasteiger charge is 2.50. The number of carbonyl (C=O) groups excluding carboxylic acids is 1. The van der Waals surface area contributed by atoms with Crippen molar-refractivity contribution < 1.29 is 33.6 Å². The zero-order valence-electron chi connectivity index (χ0n) is 19.1. The molecule has 1 N–H and O–H groups in total. The molecule has 4 unspecified atom stereocenters. The number of hydrogen-bond donors (Lipinski definition) is 1. The van der Waals surface area contributed by atoms with Gasteiger partial charge in [0.25, 0.3) is 0 Å². The minimum atomic E-state index is -0.976. The summed E-state index contributed by atoms with van der Waals surface area (Å²) < 4.78 is 21.5. The summed E-state index contributed by atoms with van der Waals surface area (Å²) in [5.74, 6) is -0.437. The number of rotatable bonds is 6. The number of likely N-dealkylation sites (tertiary alicyclic amines) is 1. The first kappa shape index (κ1) is 22.7. The second-order valence-electron chi connectivity index (χ2n) is 8.18. The number of carboxylic acid groups (broad SMARTS) is 1. The number of fused-ring (bicyclic) bond motifs is 1. The van der Waals surface area contributed by atoms with Crippen LogP contribution in [0.2, 0.25) is 0 Å². The van der Waals surface area contributed by atoms with E-state index in [0.717, 1.165) is 11.1 Å². The average Bonchev–Trinajstić information content (AvgIpc) is 3.47. The van der Waals surface area contributed by atoms with Gasteiger partial charge in [0.05, 0.1) is 19.1 Å². The van der Waals surface area contributed by atoms with E-state index in [2.05, 4.69) is 0 Å². The molecule has 176 valence electrons. The van der Waals surface area contributed by atoms with Gasteiger partial charge >= 0.3 is 12.0 Å². The summed E-state index contributed by atoms with van der Waals surface area (Å²) >= 11 is 0. The Morgan fingerprint density at radius 1 is 1.09 bits per heavy atom. The molecule has 0 saturated carbocycles. The van der Waals surface area contributed by atoms with E-state index in [4.69, 9.17) is 18.9 Å². The lowest BCUT2D eigenvalue weighted by atomic mass is 9.83. The van der Waals surface area contributed by atoms with E-state index in [1.807, 2.05) is 24.3 Å². The zero-order chi connectivity index (χ0) is 23.7. The Balaban J connectivity index is 1.77. The van der Waals surface area contributed by atoms with Crippen molar-refractivity contribution in [1.82, 2.24) is 9.80 Å². The topological polar surface area (TPSA) is 97.8 Å². The van der Waals surface area contributed by atoms with Crippen LogP contribution in [0.3, 0.4) is 0 Å². The maximum absolute atomic E-state index is 13.5. The smallest absolute Gasteiger partial charge is 0.322 e. The van der Waals surface area contributed by atoms with Crippen molar-refractivity contribution in [2.75, 3.05) is 34.6 Å². The first-order chi connectivity index (χ1) is 15.8. The minimum Gasteiger partial charge on any atom is -0.497 e. The molecule has 2 amide bonds. The molecule has 2 heterocycles. The number of carbonyl (C=O) groups is 2. The van der Waals surface area contributed by atoms with Crippen LogP contribution < -0.4 is 14.2 Å². The number of urea groups is 1. The van der Waals surface area contributed by atoms with Gasteiger partial charge in [0.15, 0.2) is 11.5 Å². The molecule has 4 atom stereocenters. The third-order valence-electron chi connectivity index (χ3n) is 6.50. The van der Waals surface area contributed by atoms with Crippen LogP contribution in [-0.2, 0) is 9.53 Å². The van der Waals surface area contributed by atoms with E-state index in [9.17, 15) is 14.7 Å². The number of aliphatic carboxylic acids is 1. The van der Waals surface area contributed by atoms with Crippen LogP contribution in [0, 0.1) is 5.92 Å². The predicted octanol–water partition coefficient (Wildman–Crippen LogP) is 3.31. The van der Waals surface area contributed by atoms with Gasteiger partial charge in [0.2, 0.25) is 6.79 Å². The molecular formula is C24H28N2O7. The Morgan fingerprint density at radius 3 is 2.39 bits per heavy atom. The van der Waals surface area contributed by atoms with Crippen LogP contribution in [0.25, 0.3) is 0 Å². The van der Waals surface area contributed by atoms with Gasteiger partial charge in [-0.1, -0.05) is 18.2 Å². The summed E-state index contributed by atoms with van der Waals surface area (Å²) in [4.78, 5) is 29.2. The standard InChI is InChI=1S/C24H28N2O7/c1-14(30-3)25(2)24(29)26-12-18(16-7-10-19-20(11-16)33-13-32-19)21(23(27)28)22(26)15-5-8-17(31-4)9-6-15/h5-11,14,18,21-22H,12-13H2,1-4H3,(H,27,28). The Hall–Kier alpha value is -3.46. The molecule has 0 bridgehead atoms. The summed E-state index contributed by atoms with van der Waals surface area (Å²) in [5.41, 5.74) is 1.50. The summed E-state index contributed by atoms with van der Waals surface area (Å²) in [5, 5.41) is 10.3. The van der Waals surface area contributed by atoms with Gasteiger partial charge in [-0.2, -0.15) is 0 Å². The maximum atomic E-state index is 13.5. The molecule has 9 nitrogen and oxygen atoms in total. The van der Waals surface area contributed by atoms with E-state index in [-0.39, 0.29) is 19.4 Å². The second-order valence-corrected chi connectivity index (χ2v) is 8.18. The van der Waals surface area contributed by atoms with Crippen LogP contribution >= 0.6 is 0 Å². The van der Waals surface area contributed by atoms with Gasteiger partial charge in [-0.15, -0.1) is 0 Å². The molecule has 4 rings (SSSR count). The highest BCUT2D eigenvalue weighted by Crippen LogP contribution is 2.48. The summed E-state index contributed by atoms with van der Waals surface area (Å²) in [7, 11) is 4.73. The number of methoxy groups -OCH3 is 2. The third-order valence-corrected chi connectivity index (χ3v) is 6.50. The van der Waals surface area contributed by atoms with Crippen LogP contribution in [0.15, 0.2) is 42.5 Å².